The Hall–Kier alpha value is -1.77. The number of nitrogens with two attached hydrogens (primary N) is 1. The van der Waals surface area contributed by atoms with Gasteiger partial charge in [0.2, 0.25) is 15.9 Å². The largest absolute Gasteiger partial charge is 0.338 e. The maximum Gasteiger partial charge on any atom is 0.240 e. The SMILES string of the molecule is C[C@H](c1ccc(S(N)(=O)=O)cc1)N(C)Cc1nc(C2CC2)no1. The first kappa shape index (κ1) is 16.1. The predicted octanol–water partition coefficient (Wildman–Crippen LogP) is 1.79. The molecule has 23 heavy (non-hydrogen) atoms. The summed E-state index contributed by atoms with van der Waals surface area (Å²) in [6.45, 7) is 2.57. The van der Waals surface area contributed by atoms with Gasteiger partial charge in [0.05, 0.1) is 11.4 Å². The van der Waals surface area contributed by atoms with Crippen LogP contribution in [0.4, 0.5) is 0 Å². The number of primary sulfonamides is 1. The molecule has 1 fully saturated rings. The first-order valence-electron chi connectivity index (χ1n) is 7.50. The first-order chi connectivity index (χ1) is 10.8. The second-order valence-electron chi connectivity index (χ2n) is 6.03. The van der Waals surface area contributed by atoms with Gasteiger partial charge in [-0.3, -0.25) is 4.90 Å². The minimum atomic E-state index is -3.66. The third-order valence-electron chi connectivity index (χ3n) is 4.16. The summed E-state index contributed by atoms with van der Waals surface area (Å²) in [6, 6.07) is 6.65. The van der Waals surface area contributed by atoms with Crippen LogP contribution in [0.3, 0.4) is 0 Å². The van der Waals surface area contributed by atoms with E-state index in [1.807, 2.05) is 14.0 Å². The highest BCUT2D eigenvalue weighted by Gasteiger charge is 2.29. The molecular formula is C15H20N4O3S. The molecule has 1 aliphatic rings. The molecule has 0 unspecified atom stereocenters. The molecule has 1 aliphatic carbocycles. The Labute approximate surface area is 135 Å². The molecule has 0 radical (unpaired) electrons. The molecule has 0 amide bonds. The topological polar surface area (TPSA) is 102 Å². The molecule has 124 valence electrons. The van der Waals surface area contributed by atoms with Gasteiger partial charge in [-0.2, -0.15) is 4.98 Å². The Morgan fingerprint density at radius 3 is 2.57 bits per heavy atom. The lowest BCUT2D eigenvalue weighted by Gasteiger charge is -2.23. The van der Waals surface area contributed by atoms with Gasteiger partial charge in [0.1, 0.15) is 0 Å². The van der Waals surface area contributed by atoms with Crippen LogP contribution in [0.25, 0.3) is 0 Å². The molecule has 0 saturated heterocycles. The van der Waals surface area contributed by atoms with Crippen molar-refractivity contribution in [3.8, 4) is 0 Å². The van der Waals surface area contributed by atoms with Crippen LogP contribution < -0.4 is 5.14 Å². The minimum Gasteiger partial charge on any atom is -0.338 e. The zero-order valence-electron chi connectivity index (χ0n) is 13.1. The van der Waals surface area contributed by atoms with Crippen molar-refractivity contribution in [1.29, 1.82) is 0 Å². The molecule has 0 spiro atoms. The molecule has 1 saturated carbocycles. The average molecular weight is 336 g/mol. The fourth-order valence-corrected chi connectivity index (χ4v) is 2.90. The summed E-state index contributed by atoms with van der Waals surface area (Å²) in [5, 5.41) is 9.12. The van der Waals surface area contributed by atoms with Gasteiger partial charge in [-0.25, -0.2) is 13.6 Å². The van der Waals surface area contributed by atoms with Crippen LogP contribution in [-0.4, -0.2) is 30.5 Å². The van der Waals surface area contributed by atoms with E-state index in [1.54, 1.807) is 12.1 Å². The van der Waals surface area contributed by atoms with Crippen LogP contribution in [0.2, 0.25) is 0 Å². The molecule has 3 rings (SSSR count). The van der Waals surface area contributed by atoms with Crippen molar-refractivity contribution in [2.75, 3.05) is 7.05 Å². The zero-order chi connectivity index (χ0) is 16.6. The Bertz CT molecular complexity index is 781. The highest BCUT2D eigenvalue weighted by molar-refractivity contribution is 7.89. The normalized spacial score (nSPS) is 16.7. The molecule has 7 nitrogen and oxygen atoms in total. The second-order valence-corrected chi connectivity index (χ2v) is 7.59. The van der Waals surface area contributed by atoms with Crippen LogP contribution in [0.15, 0.2) is 33.7 Å². The van der Waals surface area contributed by atoms with Crippen molar-refractivity contribution in [2.24, 2.45) is 5.14 Å². The third-order valence-corrected chi connectivity index (χ3v) is 5.09. The van der Waals surface area contributed by atoms with Crippen LogP contribution in [-0.2, 0) is 16.6 Å². The minimum absolute atomic E-state index is 0.0702. The van der Waals surface area contributed by atoms with Gasteiger partial charge in [-0.15, -0.1) is 0 Å². The van der Waals surface area contributed by atoms with Crippen molar-refractivity contribution >= 4 is 10.0 Å². The van der Waals surface area contributed by atoms with Crippen molar-refractivity contribution in [1.82, 2.24) is 15.0 Å². The van der Waals surface area contributed by atoms with Gasteiger partial charge in [0, 0.05) is 12.0 Å². The number of nitrogens with zero attached hydrogens (tertiary/aromatic N) is 3. The maximum atomic E-state index is 11.3. The molecule has 1 atom stereocenters. The van der Waals surface area contributed by atoms with Gasteiger partial charge in [0.25, 0.3) is 0 Å². The number of aromatic nitrogens is 2. The lowest BCUT2D eigenvalue weighted by molar-refractivity contribution is 0.216. The Morgan fingerprint density at radius 1 is 1.35 bits per heavy atom. The fourth-order valence-electron chi connectivity index (χ4n) is 2.38. The zero-order valence-corrected chi connectivity index (χ0v) is 14.0. The van der Waals surface area contributed by atoms with E-state index in [0.29, 0.717) is 18.4 Å². The van der Waals surface area contributed by atoms with Crippen LogP contribution >= 0.6 is 0 Å². The van der Waals surface area contributed by atoms with E-state index in [2.05, 4.69) is 15.0 Å². The fraction of sp³-hybridized carbons (Fsp3) is 0.467. The van der Waals surface area contributed by atoms with Gasteiger partial charge in [-0.05, 0) is 44.5 Å². The highest BCUT2D eigenvalue weighted by atomic mass is 32.2. The molecule has 1 aromatic heterocycles. The summed E-state index contributed by atoms with van der Waals surface area (Å²) < 4.78 is 27.9. The summed E-state index contributed by atoms with van der Waals surface area (Å²) >= 11 is 0. The Balaban J connectivity index is 1.67. The van der Waals surface area contributed by atoms with E-state index in [0.717, 1.165) is 24.2 Å². The summed E-state index contributed by atoms with van der Waals surface area (Å²) in [4.78, 5) is 6.60. The van der Waals surface area contributed by atoms with Crippen molar-refractivity contribution in [2.45, 2.75) is 43.2 Å². The lowest BCUT2D eigenvalue weighted by atomic mass is 10.1. The van der Waals surface area contributed by atoms with Gasteiger partial charge in [0.15, 0.2) is 5.82 Å². The number of hydrogen-bond acceptors (Lipinski definition) is 6. The average Bonchev–Trinajstić information content (AvgIpc) is 3.26. The van der Waals surface area contributed by atoms with Crippen molar-refractivity contribution < 1.29 is 12.9 Å². The molecular weight excluding hydrogens is 316 g/mol. The van der Waals surface area contributed by atoms with Gasteiger partial charge < -0.3 is 4.52 Å². The predicted molar refractivity (Wildman–Crippen MR) is 84.0 cm³/mol. The summed E-state index contributed by atoms with van der Waals surface area (Å²) in [5.41, 5.74) is 0.988. The van der Waals surface area contributed by atoms with Crippen molar-refractivity contribution in [3.63, 3.8) is 0 Å². The summed E-state index contributed by atoms with van der Waals surface area (Å²) in [6.07, 6.45) is 2.28. The number of benzene rings is 1. The van der Waals surface area contributed by atoms with E-state index >= 15 is 0 Å². The Kier molecular flexibility index (Phi) is 4.22. The first-order valence-corrected chi connectivity index (χ1v) is 9.04. The highest BCUT2D eigenvalue weighted by Crippen LogP contribution is 2.38. The van der Waals surface area contributed by atoms with E-state index in [1.165, 1.54) is 12.1 Å². The van der Waals surface area contributed by atoms with E-state index in [-0.39, 0.29) is 10.9 Å². The molecule has 0 bridgehead atoms. The van der Waals surface area contributed by atoms with E-state index < -0.39 is 10.0 Å². The summed E-state index contributed by atoms with van der Waals surface area (Å²) in [7, 11) is -1.70. The second kappa shape index (κ2) is 6.03. The van der Waals surface area contributed by atoms with Gasteiger partial charge >= 0.3 is 0 Å². The molecule has 0 aliphatic heterocycles. The molecule has 1 heterocycles. The van der Waals surface area contributed by atoms with Gasteiger partial charge in [-0.1, -0.05) is 17.3 Å². The van der Waals surface area contributed by atoms with Crippen LogP contribution in [0.1, 0.15) is 49.0 Å². The molecule has 2 N–H and O–H groups in total. The quantitative estimate of drug-likeness (QED) is 0.862. The Morgan fingerprint density at radius 2 is 2.00 bits per heavy atom. The number of sulfonamides is 1. The monoisotopic (exact) mass is 336 g/mol. The standard InChI is InChI=1S/C15H20N4O3S/c1-10(11-5-7-13(8-6-11)23(16,20)21)19(2)9-14-17-15(18-22-14)12-3-4-12/h5-8,10,12H,3-4,9H2,1-2H3,(H2,16,20,21)/t10-/m1/s1. The number of hydrogen-bond donors (Lipinski definition) is 1. The van der Waals surface area contributed by atoms with Crippen molar-refractivity contribution in [3.05, 3.63) is 41.5 Å². The smallest absolute Gasteiger partial charge is 0.240 e. The molecule has 2 aromatic rings. The molecule has 8 heteroatoms. The lowest BCUT2D eigenvalue weighted by Crippen LogP contribution is -2.22. The maximum absolute atomic E-state index is 11.3. The van der Waals surface area contributed by atoms with E-state index in [9.17, 15) is 8.42 Å². The van der Waals surface area contributed by atoms with Crippen LogP contribution in [0.5, 0.6) is 0 Å². The molecule has 1 aromatic carbocycles. The van der Waals surface area contributed by atoms with E-state index in [4.69, 9.17) is 9.66 Å². The van der Waals surface area contributed by atoms with Crippen LogP contribution in [0, 0.1) is 0 Å². The third kappa shape index (κ3) is 3.77. The number of rotatable bonds is 6. The summed E-state index contributed by atoms with van der Waals surface area (Å²) in [5.74, 6) is 1.88.